The fraction of sp³-hybridized carbons (Fsp3) is 1.00. The Hall–Kier alpha value is -0.230. The monoisotopic (exact) mass is 295 g/mol. The van der Waals surface area contributed by atoms with Crippen molar-refractivity contribution in [2.75, 3.05) is 18.8 Å². The quantitative estimate of drug-likeness (QED) is 0.765. The van der Waals surface area contributed by atoms with Crippen LogP contribution in [0.25, 0.3) is 0 Å². The Morgan fingerprint density at radius 1 is 1.21 bits per heavy atom. The van der Waals surface area contributed by atoms with Crippen molar-refractivity contribution in [2.24, 2.45) is 5.41 Å². The summed E-state index contributed by atoms with van der Waals surface area (Å²) in [5.74, 6) is -2.51. The summed E-state index contributed by atoms with van der Waals surface area (Å²) >= 11 is 0. The van der Waals surface area contributed by atoms with Crippen LogP contribution < -0.4 is 5.32 Å². The normalized spacial score (nSPS) is 31.3. The summed E-state index contributed by atoms with van der Waals surface area (Å²) in [5.41, 5.74) is -0.971. The van der Waals surface area contributed by atoms with Gasteiger partial charge < -0.3 is 5.32 Å². The number of sulfone groups is 1. The molecule has 1 unspecified atom stereocenters. The minimum Gasteiger partial charge on any atom is -0.315 e. The molecule has 0 aromatic heterocycles. The maximum atomic E-state index is 13.0. The summed E-state index contributed by atoms with van der Waals surface area (Å²) in [4.78, 5) is 0. The van der Waals surface area contributed by atoms with Crippen molar-refractivity contribution in [1.29, 1.82) is 0 Å². The zero-order chi connectivity index (χ0) is 14.1. The highest BCUT2D eigenvalue weighted by molar-refractivity contribution is 7.92. The maximum absolute atomic E-state index is 13.0. The van der Waals surface area contributed by atoms with Crippen LogP contribution in [0.4, 0.5) is 8.78 Å². The summed E-state index contributed by atoms with van der Waals surface area (Å²) < 4.78 is 50.1. The van der Waals surface area contributed by atoms with Crippen LogP contribution in [0.1, 0.15) is 45.4 Å². The lowest BCUT2D eigenvalue weighted by Crippen LogP contribution is -2.34. The Morgan fingerprint density at radius 2 is 1.79 bits per heavy atom. The first kappa shape index (κ1) is 15.2. The summed E-state index contributed by atoms with van der Waals surface area (Å²) in [5, 5.41) is 2.67. The third-order valence-electron chi connectivity index (χ3n) is 4.51. The van der Waals surface area contributed by atoms with Gasteiger partial charge in [-0.25, -0.2) is 17.2 Å². The van der Waals surface area contributed by atoms with E-state index in [9.17, 15) is 17.2 Å². The molecule has 0 bridgehead atoms. The topological polar surface area (TPSA) is 46.2 Å². The smallest absolute Gasteiger partial charge is 0.255 e. The highest BCUT2D eigenvalue weighted by Crippen LogP contribution is 2.59. The summed E-state index contributed by atoms with van der Waals surface area (Å²) in [7, 11) is -3.06. The molecule has 2 rings (SSSR count). The van der Waals surface area contributed by atoms with Crippen molar-refractivity contribution in [3.63, 3.8) is 0 Å². The molecule has 3 nitrogen and oxygen atoms in total. The van der Waals surface area contributed by atoms with Crippen LogP contribution in [0.2, 0.25) is 0 Å². The van der Waals surface area contributed by atoms with Gasteiger partial charge in [0.2, 0.25) is 0 Å². The van der Waals surface area contributed by atoms with Gasteiger partial charge in [-0.2, -0.15) is 0 Å². The molecule has 0 radical (unpaired) electrons. The van der Waals surface area contributed by atoms with E-state index in [2.05, 4.69) is 5.32 Å². The third kappa shape index (κ3) is 3.45. The second-order valence-electron chi connectivity index (χ2n) is 6.25. The average molecular weight is 295 g/mol. The Morgan fingerprint density at radius 3 is 2.32 bits per heavy atom. The van der Waals surface area contributed by atoms with Gasteiger partial charge in [0.15, 0.2) is 9.84 Å². The van der Waals surface area contributed by atoms with Crippen LogP contribution in [-0.2, 0) is 9.84 Å². The van der Waals surface area contributed by atoms with E-state index in [0.717, 1.165) is 32.1 Å². The predicted molar refractivity (Wildman–Crippen MR) is 71.2 cm³/mol. The number of hydrogen-bond donors (Lipinski definition) is 1. The first-order chi connectivity index (χ1) is 8.77. The van der Waals surface area contributed by atoms with Gasteiger partial charge in [-0.05, 0) is 12.8 Å². The minimum absolute atomic E-state index is 0.0688. The molecule has 0 aromatic carbocycles. The van der Waals surface area contributed by atoms with E-state index in [1.165, 1.54) is 6.92 Å². The Labute approximate surface area is 114 Å². The van der Waals surface area contributed by atoms with Crippen LogP contribution in [0.3, 0.4) is 0 Å². The molecule has 6 heteroatoms. The molecule has 1 atom stereocenters. The van der Waals surface area contributed by atoms with Crippen molar-refractivity contribution < 1.29 is 17.2 Å². The van der Waals surface area contributed by atoms with E-state index in [1.54, 1.807) is 0 Å². The fourth-order valence-electron chi connectivity index (χ4n) is 2.81. The van der Waals surface area contributed by atoms with Gasteiger partial charge in [-0.1, -0.05) is 26.2 Å². The summed E-state index contributed by atoms with van der Waals surface area (Å²) in [6.07, 6.45) is 4.53. The molecule has 2 aliphatic carbocycles. The van der Waals surface area contributed by atoms with Crippen molar-refractivity contribution in [1.82, 2.24) is 5.32 Å². The zero-order valence-corrected chi connectivity index (χ0v) is 12.2. The van der Waals surface area contributed by atoms with Crippen LogP contribution in [0.5, 0.6) is 0 Å². The summed E-state index contributed by atoms with van der Waals surface area (Å²) in [6.45, 7) is 2.01. The van der Waals surface area contributed by atoms with E-state index < -0.39 is 21.2 Å². The van der Waals surface area contributed by atoms with Crippen LogP contribution in [-0.4, -0.2) is 38.4 Å². The number of nitrogens with one attached hydrogen (secondary N) is 1. The summed E-state index contributed by atoms with van der Waals surface area (Å²) in [6, 6.07) is 0. The molecule has 19 heavy (non-hydrogen) atoms. The molecule has 1 N–H and O–H groups in total. The molecule has 0 aliphatic heterocycles. The van der Waals surface area contributed by atoms with Crippen molar-refractivity contribution in [3.05, 3.63) is 0 Å². The predicted octanol–water partition coefficient (Wildman–Crippen LogP) is 2.37. The Balaban J connectivity index is 1.70. The molecule has 0 amide bonds. The molecule has 0 aromatic rings. The van der Waals surface area contributed by atoms with Crippen molar-refractivity contribution >= 4 is 9.84 Å². The maximum Gasteiger partial charge on any atom is 0.255 e. The molecular formula is C13H23F2NO2S. The van der Waals surface area contributed by atoms with Crippen LogP contribution in [0.15, 0.2) is 0 Å². The van der Waals surface area contributed by atoms with E-state index in [1.807, 2.05) is 0 Å². The molecule has 112 valence electrons. The molecule has 0 saturated heterocycles. The van der Waals surface area contributed by atoms with Gasteiger partial charge in [0.25, 0.3) is 5.92 Å². The van der Waals surface area contributed by atoms with E-state index >= 15 is 0 Å². The molecular weight excluding hydrogens is 272 g/mol. The van der Waals surface area contributed by atoms with E-state index in [4.69, 9.17) is 0 Å². The lowest BCUT2D eigenvalue weighted by molar-refractivity contribution is 0.0701. The Kier molecular flexibility index (Phi) is 4.21. The highest BCUT2D eigenvalue weighted by Gasteiger charge is 2.67. The number of halogens is 2. The molecule has 2 aliphatic rings. The van der Waals surface area contributed by atoms with Gasteiger partial charge >= 0.3 is 0 Å². The minimum atomic E-state index is -3.06. The number of hydrogen-bond acceptors (Lipinski definition) is 3. The molecule has 2 saturated carbocycles. The third-order valence-corrected chi connectivity index (χ3v) is 6.77. The molecule has 0 heterocycles. The Bertz CT molecular complexity index is 418. The zero-order valence-electron chi connectivity index (χ0n) is 11.4. The first-order valence-corrected chi connectivity index (χ1v) is 8.79. The average Bonchev–Trinajstić information content (AvgIpc) is 2.85. The van der Waals surface area contributed by atoms with E-state index in [-0.39, 0.29) is 30.5 Å². The van der Waals surface area contributed by atoms with E-state index in [0.29, 0.717) is 0 Å². The fourth-order valence-corrected chi connectivity index (χ4v) is 4.62. The largest absolute Gasteiger partial charge is 0.315 e. The number of alkyl halides is 2. The molecule has 2 fully saturated rings. The van der Waals surface area contributed by atoms with Crippen molar-refractivity contribution in [2.45, 2.75) is 56.6 Å². The first-order valence-electron chi connectivity index (χ1n) is 7.07. The standard InChI is InChI=1S/C13H23F2NO2S/c1-12(9-13(12,14)15)10-16-7-8-19(17,18)11-5-3-2-4-6-11/h11,16H,2-10H2,1H3. The second-order valence-corrected chi connectivity index (χ2v) is 8.65. The molecule has 0 spiro atoms. The van der Waals surface area contributed by atoms with Gasteiger partial charge in [0, 0.05) is 24.9 Å². The highest BCUT2D eigenvalue weighted by atomic mass is 32.2. The second kappa shape index (κ2) is 5.28. The van der Waals surface area contributed by atoms with Crippen molar-refractivity contribution in [3.8, 4) is 0 Å². The van der Waals surface area contributed by atoms with Crippen LogP contribution >= 0.6 is 0 Å². The van der Waals surface area contributed by atoms with Gasteiger partial charge in [-0.15, -0.1) is 0 Å². The SMILES string of the molecule is CC1(CNCCS(=O)(=O)C2CCCCC2)CC1(F)F. The van der Waals surface area contributed by atoms with Crippen LogP contribution in [0, 0.1) is 5.41 Å². The lowest BCUT2D eigenvalue weighted by atomic mass is 10.0. The van der Waals surface area contributed by atoms with Gasteiger partial charge in [-0.3, -0.25) is 0 Å². The number of rotatable bonds is 6. The van der Waals surface area contributed by atoms with Gasteiger partial charge in [0.1, 0.15) is 0 Å². The van der Waals surface area contributed by atoms with Gasteiger partial charge in [0.05, 0.1) is 11.0 Å². The lowest BCUT2D eigenvalue weighted by Gasteiger charge is -2.22.